The minimum absolute atomic E-state index is 0.0904. The molecule has 3 nitrogen and oxygen atoms in total. The number of pyridine rings is 1. The molecule has 0 amide bonds. The summed E-state index contributed by atoms with van der Waals surface area (Å²) in [6.07, 6.45) is 0. The Morgan fingerprint density at radius 2 is 1.83 bits per heavy atom. The second kappa shape index (κ2) is 5.46. The highest BCUT2D eigenvalue weighted by Crippen LogP contribution is 2.22. The molecule has 0 saturated heterocycles. The normalized spacial score (nSPS) is 12.2. The van der Waals surface area contributed by atoms with E-state index in [1.54, 1.807) is 12.1 Å². The molecule has 0 radical (unpaired) electrons. The molecule has 1 heterocycles. The Balaban J connectivity index is 2.15. The number of hydrogen-bond donors (Lipinski definition) is 2. The van der Waals surface area contributed by atoms with Gasteiger partial charge in [-0.15, -0.1) is 0 Å². The number of nitrogen functional groups attached to an aromatic ring is 1. The number of nitrogens with two attached hydrogens (primary N) is 1. The molecular formula is C13H13Cl2N3. The number of rotatable bonds is 3. The van der Waals surface area contributed by atoms with Crippen LogP contribution in [0.3, 0.4) is 0 Å². The summed E-state index contributed by atoms with van der Waals surface area (Å²) in [5.74, 6) is 0.655. The molecule has 0 spiro atoms. The molecule has 0 aliphatic rings. The molecule has 5 heteroatoms. The fourth-order valence-electron chi connectivity index (χ4n) is 1.65. The first kappa shape index (κ1) is 13.0. The zero-order valence-corrected chi connectivity index (χ0v) is 11.3. The third-order valence-corrected chi connectivity index (χ3v) is 3.00. The summed E-state index contributed by atoms with van der Waals surface area (Å²) < 4.78 is 0. The summed E-state index contributed by atoms with van der Waals surface area (Å²) in [6, 6.07) is 11.1. The van der Waals surface area contributed by atoms with E-state index < -0.39 is 0 Å². The predicted molar refractivity (Wildman–Crippen MR) is 77.1 cm³/mol. The number of halogens is 2. The Labute approximate surface area is 116 Å². The van der Waals surface area contributed by atoms with Crippen LogP contribution in [-0.2, 0) is 0 Å². The summed E-state index contributed by atoms with van der Waals surface area (Å²) in [7, 11) is 0. The maximum Gasteiger partial charge on any atom is 0.133 e. The highest BCUT2D eigenvalue weighted by molar-refractivity contribution is 6.30. The standard InChI is InChI=1S/C13H13Cl2N3/c1-8(9-2-4-10(14)5-3-9)17-13-7-11(16)6-12(15)18-13/h2-8H,1H3,(H3,16,17,18). The van der Waals surface area contributed by atoms with Gasteiger partial charge in [0, 0.05) is 22.8 Å². The van der Waals surface area contributed by atoms with Crippen LogP contribution in [0.1, 0.15) is 18.5 Å². The van der Waals surface area contributed by atoms with Crippen LogP contribution in [0.2, 0.25) is 10.2 Å². The highest BCUT2D eigenvalue weighted by atomic mass is 35.5. The molecule has 18 heavy (non-hydrogen) atoms. The molecule has 0 fully saturated rings. The van der Waals surface area contributed by atoms with Gasteiger partial charge in [-0.1, -0.05) is 35.3 Å². The zero-order valence-electron chi connectivity index (χ0n) is 9.82. The van der Waals surface area contributed by atoms with Gasteiger partial charge in [0.25, 0.3) is 0 Å². The van der Waals surface area contributed by atoms with Crippen LogP contribution in [0.4, 0.5) is 11.5 Å². The first-order chi connectivity index (χ1) is 8.54. The number of benzene rings is 1. The van der Waals surface area contributed by atoms with Crippen molar-refractivity contribution in [2.45, 2.75) is 13.0 Å². The van der Waals surface area contributed by atoms with Crippen LogP contribution in [0.15, 0.2) is 36.4 Å². The van der Waals surface area contributed by atoms with Gasteiger partial charge in [-0.05, 0) is 30.7 Å². The van der Waals surface area contributed by atoms with E-state index in [-0.39, 0.29) is 6.04 Å². The van der Waals surface area contributed by atoms with Crippen LogP contribution in [0.5, 0.6) is 0 Å². The number of nitrogens with one attached hydrogen (secondary N) is 1. The zero-order chi connectivity index (χ0) is 13.1. The quantitative estimate of drug-likeness (QED) is 0.832. The third kappa shape index (κ3) is 3.28. The van der Waals surface area contributed by atoms with Crippen molar-refractivity contribution in [2.75, 3.05) is 11.1 Å². The van der Waals surface area contributed by atoms with E-state index in [4.69, 9.17) is 28.9 Å². The van der Waals surface area contributed by atoms with E-state index in [1.165, 1.54) is 0 Å². The third-order valence-electron chi connectivity index (χ3n) is 2.55. The number of anilines is 2. The lowest BCUT2D eigenvalue weighted by Crippen LogP contribution is -2.08. The SMILES string of the molecule is CC(Nc1cc(N)cc(Cl)n1)c1ccc(Cl)cc1. The molecule has 0 aliphatic carbocycles. The number of nitrogens with zero attached hydrogens (tertiary/aromatic N) is 1. The number of aromatic nitrogens is 1. The molecule has 94 valence electrons. The monoisotopic (exact) mass is 281 g/mol. The fourth-order valence-corrected chi connectivity index (χ4v) is 1.99. The van der Waals surface area contributed by atoms with E-state index in [0.29, 0.717) is 16.7 Å². The second-order valence-corrected chi connectivity index (χ2v) is 4.85. The average Bonchev–Trinajstić information content (AvgIpc) is 2.28. The predicted octanol–water partition coefficient (Wildman–Crippen LogP) is 4.14. The molecule has 1 unspecified atom stereocenters. The molecule has 2 rings (SSSR count). The van der Waals surface area contributed by atoms with Crippen LogP contribution in [0, 0.1) is 0 Å². The first-order valence-corrected chi connectivity index (χ1v) is 6.25. The van der Waals surface area contributed by atoms with Crippen molar-refractivity contribution in [1.82, 2.24) is 4.98 Å². The molecule has 0 saturated carbocycles. The molecule has 1 aromatic carbocycles. The van der Waals surface area contributed by atoms with Crippen molar-refractivity contribution in [3.63, 3.8) is 0 Å². The molecule has 0 bridgehead atoms. The maximum absolute atomic E-state index is 5.85. The lowest BCUT2D eigenvalue weighted by atomic mass is 10.1. The van der Waals surface area contributed by atoms with Gasteiger partial charge in [0.1, 0.15) is 11.0 Å². The largest absolute Gasteiger partial charge is 0.399 e. The van der Waals surface area contributed by atoms with E-state index in [1.807, 2.05) is 31.2 Å². The van der Waals surface area contributed by atoms with Gasteiger partial charge >= 0.3 is 0 Å². The van der Waals surface area contributed by atoms with Gasteiger partial charge in [0.2, 0.25) is 0 Å². The lowest BCUT2D eigenvalue weighted by Gasteiger charge is -2.15. The van der Waals surface area contributed by atoms with Gasteiger partial charge in [0.15, 0.2) is 0 Å². The Kier molecular flexibility index (Phi) is 3.94. The van der Waals surface area contributed by atoms with E-state index in [9.17, 15) is 0 Å². The maximum atomic E-state index is 5.85. The van der Waals surface area contributed by atoms with Crippen molar-refractivity contribution in [1.29, 1.82) is 0 Å². The van der Waals surface area contributed by atoms with Crippen molar-refractivity contribution < 1.29 is 0 Å². The van der Waals surface area contributed by atoms with Crippen molar-refractivity contribution in [3.05, 3.63) is 52.1 Å². The van der Waals surface area contributed by atoms with Gasteiger partial charge in [-0.25, -0.2) is 4.98 Å². The molecular weight excluding hydrogens is 269 g/mol. The molecule has 0 aliphatic heterocycles. The summed E-state index contributed by atoms with van der Waals surface area (Å²) in [6.45, 7) is 2.03. The summed E-state index contributed by atoms with van der Waals surface area (Å²) >= 11 is 11.7. The summed E-state index contributed by atoms with van der Waals surface area (Å²) in [5, 5.41) is 4.33. The lowest BCUT2D eigenvalue weighted by molar-refractivity contribution is 0.875. The fraction of sp³-hybridized carbons (Fsp3) is 0.154. The molecule has 2 aromatic rings. The van der Waals surface area contributed by atoms with Crippen LogP contribution >= 0.6 is 23.2 Å². The Bertz CT molecular complexity index is 520. The smallest absolute Gasteiger partial charge is 0.133 e. The first-order valence-electron chi connectivity index (χ1n) is 5.49. The molecule has 3 N–H and O–H groups in total. The molecule has 1 atom stereocenters. The van der Waals surface area contributed by atoms with Crippen LogP contribution in [-0.4, -0.2) is 4.98 Å². The van der Waals surface area contributed by atoms with Gasteiger partial charge in [-0.2, -0.15) is 0 Å². The van der Waals surface area contributed by atoms with E-state index >= 15 is 0 Å². The average molecular weight is 282 g/mol. The number of hydrogen-bond acceptors (Lipinski definition) is 3. The Morgan fingerprint density at radius 1 is 1.17 bits per heavy atom. The molecule has 1 aromatic heterocycles. The van der Waals surface area contributed by atoms with Crippen LogP contribution < -0.4 is 11.1 Å². The van der Waals surface area contributed by atoms with Gasteiger partial charge in [-0.3, -0.25) is 0 Å². The summed E-state index contributed by atoms with van der Waals surface area (Å²) in [5.41, 5.74) is 7.41. The summed E-state index contributed by atoms with van der Waals surface area (Å²) in [4.78, 5) is 4.17. The highest BCUT2D eigenvalue weighted by Gasteiger charge is 2.07. The topological polar surface area (TPSA) is 50.9 Å². The Hall–Kier alpha value is -1.45. The van der Waals surface area contributed by atoms with Gasteiger partial charge < -0.3 is 11.1 Å². The van der Waals surface area contributed by atoms with E-state index in [2.05, 4.69) is 10.3 Å². The van der Waals surface area contributed by atoms with Crippen molar-refractivity contribution in [2.24, 2.45) is 0 Å². The van der Waals surface area contributed by atoms with E-state index in [0.717, 1.165) is 10.6 Å². The minimum atomic E-state index is 0.0904. The van der Waals surface area contributed by atoms with Crippen molar-refractivity contribution >= 4 is 34.7 Å². The van der Waals surface area contributed by atoms with Gasteiger partial charge in [0.05, 0.1) is 0 Å². The minimum Gasteiger partial charge on any atom is -0.399 e. The van der Waals surface area contributed by atoms with Crippen LogP contribution in [0.25, 0.3) is 0 Å². The second-order valence-electron chi connectivity index (χ2n) is 4.03. The Morgan fingerprint density at radius 3 is 2.44 bits per heavy atom. The van der Waals surface area contributed by atoms with Crippen molar-refractivity contribution in [3.8, 4) is 0 Å².